The fourth-order valence-electron chi connectivity index (χ4n) is 9.67. The molecular weight excluding hydrogens is 863 g/mol. The van der Waals surface area contributed by atoms with E-state index in [1.807, 2.05) is 0 Å². The molecule has 0 radical (unpaired) electrons. The van der Waals surface area contributed by atoms with Crippen molar-refractivity contribution in [2.24, 2.45) is 5.92 Å². The van der Waals surface area contributed by atoms with Crippen molar-refractivity contribution >= 4 is 34.1 Å². The number of rotatable bonds is 17. The summed E-state index contributed by atoms with van der Waals surface area (Å²) in [7, 11) is 0. The molecule has 2 aliphatic heterocycles. The summed E-state index contributed by atoms with van der Waals surface area (Å²) >= 11 is 0. The van der Waals surface area contributed by atoms with Gasteiger partial charge in [0.15, 0.2) is 0 Å². The van der Waals surface area contributed by atoms with Gasteiger partial charge in [0.2, 0.25) is 0 Å². The van der Waals surface area contributed by atoms with Gasteiger partial charge in [-0.25, -0.2) is 0 Å². The van der Waals surface area contributed by atoms with Crippen molar-refractivity contribution in [3.8, 4) is 11.1 Å². The minimum Gasteiger partial charge on any atom is -0.376 e. The predicted octanol–water partition coefficient (Wildman–Crippen LogP) is 16.2. The van der Waals surface area contributed by atoms with Crippen molar-refractivity contribution in [2.45, 2.75) is 138 Å². The molecule has 370 valence electrons. The Hall–Kier alpha value is -5.28. The largest absolute Gasteiger partial charge is 0.376 e. The van der Waals surface area contributed by atoms with Crippen LogP contribution in [0.2, 0.25) is 0 Å². The minimum absolute atomic E-state index is 0.201. The van der Waals surface area contributed by atoms with Crippen molar-refractivity contribution in [1.82, 2.24) is 0 Å². The quantitative estimate of drug-likeness (QED) is 0.0849. The molecule has 2 heterocycles. The van der Waals surface area contributed by atoms with E-state index in [0.29, 0.717) is 32.3 Å². The van der Waals surface area contributed by atoms with Crippen LogP contribution in [-0.4, -0.2) is 54.1 Å². The standard InChI is InChI=1S/C63H80N3O4/c1-61(2,3)68-45-49-15-27-56(28-16-49)64(55-25-13-48(14-26-55)43-67-44-52-37-41-66(42-38-52)39-11-10-12-40-66)59-33-21-53(22-34-59)54-23-35-60(36-24-54)65(57-29-17-50(18-30-57)46-69-62(4,5)6)58-31-19-51(20-32-58)47-70-63(7,8)9/h13-36,52H,10-12,37-47H2,1-9H3/q+1. The van der Waals surface area contributed by atoms with Crippen LogP contribution in [-0.2, 0) is 45.4 Å². The summed E-state index contributed by atoms with van der Waals surface area (Å²) in [5.74, 6) is 0.679. The van der Waals surface area contributed by atoms with Crippen molar-refractivity contribution in [3.63, 3.8) is 0 Å². The molecule has 0 atom stereocenters. The number of anilines is 6. The smallest absolute Gasteiger partial charge is 0.0790 e. The Balaban J connectivity index is 0.996. The highest BCUT2D eigenvalue weighted by Gasteiger charge is 2.35. The van der Waals surface area contributed by atoms with Crippen molar-refractivity contribution < 1.29 is 23.4 Å². The van der Waals surface area contributed by atoms with Crippen LogP contribution in [0.1, 0.15) is 117 Å². The zero-order valence-corrected chi connectivity index (χ0v) is 43.8. The molecule has 7 nitrogen and oxygen atoms in total. The Bertz CT molecular complexity index is 2460. The lowest BCUT2D eigenvalue weighted by Crippen LogP contribution is -2.55. The summed E-state index contributed by atoms with van der Waals surface area (Å²) in [5.41, 5.74) is 12.9. The van der Waals surface area contributed by atoms with Gasteiger partial charge in [-0.2, -0.15) is 0 Å². The third-order valence-electron chi connectivity index (χ3n) is 13.8. The average molecular weight is 943 g/mol. The Labute approximate surface area is 421 Å². The fraction of sp³-hybridized carbons (Fsp3) is 0.429. The maximum absolute atomic E-state index is 6.38. The Morgan fingerprint density at radius 1 is 0.371 bits per heavy atom. The van der Waals surface area contributed by atoms with E-state index in [0.717, 1.165) is 68.5 Å². The molecule has 6 aromatic rings. The van der Waals surface area contributed by atoms with E-state index in [1.54, 1.807) is 0 Å². The van der Waals surface area contributed by atoms with Gasteiger partial charge in [0.05, 0.1) is 76.0 Å². The zero-order chi connectivity index (χ0) is 49.4. The molecule has 0 aromatic heterocycles. The highest BCUT2D eigenvalue weighted by Crippen LogP contribution is 2.39. The summed E-state index contributed by atoms with van der Waals surface area (Å²) in [6.07, 6.45) is 6.83. The van der Waals surface area contributed by atoms with E-state index >= 15 is 0 Å². The molecule has 0 amide bonds. The minimum atomic E-state index is -0.201. The molecule has 0 saturated carbocycles. The van der Waals surface area contributed by atoms with Crippen LogP contribution < -0.4 is 9.80 Å². The van der Waals surface area contributed by atoms with Gasteiger partial charge in [-0.15, -0.1) is 0 Å². The average Bonchev–Trinajstić information content (AvgIpc) is 3.34. The molecule has 70 heavy (non-hydrogen) atoms. The maximum Gasteiger partial charge on any atom is 0.0790 e. The Morgan fingerprint density at radius 3 is 0.957 bits per heavy atom. The molecule has 2 saturated heterocycles. The van der Waals surface area contributed by atoms with Gasteiger partial charge in [0.25, 0.3) is 0 Å². The van der Waals surface area contributed by atoms with Gasteiger partial charge in [-0.1, -0.05) is 72.8 Å². The first-order valence-electron chi connectivity index (χ1n) is 26.0. The number of quaternary nitrogens is 1. The summed E-state index contributed by atoms with van der Waals surface area (Å²) in [4.78, 5) is 4.65. The molecule has 1 spiro atoms. The molecule has 2 fully saturated rings. The lowest BCUT2D eigenvalue weighted by Gasteiger charge is -2.46. The lowest BCUT2D eigenvalue weighted by molar-refractivity contribution is -0.937. The number of piperidine rings is 2. The molecular formula is C63H80N3O4+. The van der Waals surface area contributed by atoms with E-state index in [9.17, 15) is 0 Å². The first-order valence-corrected chi connectivity index (χ1v) is 26.0. The van der Waals surface area contributed by atoms with Crippen molar-refractivity contribution in [1.29, 1.82) is 0 Å². The van der Waals surface area contributed by atoms with Gasteiger partial charge < -0.3 is 33.2 Å². The Morgan fingerprint density at radius 2 is 0.657 bits per heavy atom. The third-order valence-corrected chi connectivity index (χ3v) is 13.8. The predicted molar refractivity (Wildman–Crippen MR) is 291 cm³/mol. The van der Waals surface area contributed by atoms with Crippen LogP contribution in [0.3, 0.4) is 0 Å². The molecule has 8 rings (SSSR count). The normalized spacial score (nSPS) is 15.6. The van der Waals surface area contributed by atoms with Crippen molar-refractivity contribution in [3.05, 3.63) is 168 Å². The highest BCUT2D eigenvalue weighted by molar-refractivity contribution is 5.81. The van der Waals surface area contributed by atoms with E-state index in [2.05, 4.69) is 218 Å². The van der Waals surface area contributed by atoms with Crippen LogP contribution in [0.15, 0.2) is 146 Å². The van der Waals surface area contributed by atoms with Crippen LogP contribution in [0.5, 0.6) is 0 Å². The molecule has 0 N–H and O–H groups in total. The first-order chi connectivity index (χ1) is 33.5. The molecule has 6 aromatic carbocycles. The number of ether oxygens (including phenoxy) is 4. The molecule has 2 aliphatic rings. The van der Waals surface area contributed by atoms with Crippen LogP contribution in [0.25, 0.3) is 11.1 Å². The van der Waals surface area contributed by atoms with E-state index in [-0.39, 0.29) is 16.8 Å². The topological polar surface area (TPSA) is 43.4 Å². The summed E-state index contributed by atoms with van der Waals surface area (Å²) < 4.78 is 26.1. The lowest BCUT2D eigenvalue weighted by atomic mass is 9.93. The monoisotopic (exact) mass is 943 g/mol. The van der Waals surface area contributed by atoms with Gasteiger partial charge >= 0.3 is 0 Å². The van der Waals surface area contributed by atoms with Gasteiger partial charge in [-0.05, 0) is 194 Å². The molecule has 0 unspecified atom stereocenters. The molecule has 7 heteroatoms. The second-order valence-electron chi connectivity index (χ2n) is 22.9. The maximum atomic E-state index is 6.38. The van der Waals surface area contributed by atoms with E-state index in [1.165, 1.54) is 68.3 Å². The summed E-state index contributed by atoms with van der Waals surface area (Å²) in [5, 5.41) is 0. The Kier molecular flexibility index (Phi) is 16.4. The summed E-state index contributed by atoms with van der Waals surface area (Å²) in [6.45, 7) is 27.5. The fourth-order valence-corrected chi connectivity index (χ4v) is 9.67. The zero-order valence-electron chi connectivity index (χ0n) is 43.8. The van der Waals surface area contributed by atoms with Gasteiger partial charge in [-0.3, -0.25) is 0 Å². The highest BCUT2D eigenvalue weighted by atomic mass is 16.5. The van der Waals surface area contributed by atoms with Gasteiger partial charge in [0.1, 0.15) is 0 Å². The van der Waals surface area contributed by atoms with Crippen LogP contribution >= 0.6 is 0 Å². The van der Waals surface area contributed by atoms with Crippen molar-refractivity contribution in [2.75, 3.05) is 42.6 Å². The van der Waals surface area contributed by atoms with Gasteiger partial charge in [0, 0.05) is 47.0 Å². The second-order valence-corrected chi connectivity index (χ2v) is 22.9. The first kappa shape index (κ1) is 51.1. The SMILES string of the molecule is CC(C)(C)OCc1ccc(N(c2ccc(COCC3CC[N+]4(CCCCC4)CC3)cc2)c2ccc(-c3ccc(N(c4ccc(COC(C)(C)C)cc4)c4ccc(COC(C)(C)C)cc4)cc3)cc2)cc1. The second kappa shape index (κ2) is 22.4. The van der Waals surface area contributed by atoms with E-state index < -0.39 is 0 Å². The van der Waals surface area contributed by atoms with Crippen LogP contribution in [0.4, 0.5) is 34.1 Å². The number of hydrogen-bond donors (Lipinski definition) is 0. The number of benzene rings is 6. The van der Waals surface area contributed by atoms with Crippen LogP contribution in [0, 0.1) is 5.92 Å². The number of hydrogen-bond acceptors (Lipinski definition) is 6. The third kappa shape index (κ3) is 14.4. The summed E-state index contributed by atoms with van der Waals surface area (Å²) in [6, 6.07) is 53.0. The molecule has 0 bridgehead atoms. The van der Waals surface area contributed by atoms with E-state index in [4.69, 9.17) is 18.9 Å². The molecule has 0 aliphatic carbocycles. The number of nitrogens with zero attached hydrogens (tertiary/aromatic N) is 3.